The number of aromatic nitrogens is 2. The molecule has 0 saturated carbocycles. The van der Waals surface area contributed by atoms with Crippen LogP contribution in [0.1, 0.15) is 12.0 Å². The Kier molecular flexibility index (Phi) is 4.31. The fourth-order valence-corrected chi connectivity index (χ4v) is 3.54. The molecule has 112 valence electrons. The maximum Gasteiger partial charge on any atom is 0.238 e. The van der Waals surface area contributed by atoms with Crippen LogP contribution in [0.3, 0.4) is 0 Å². The second-order valence-corrected chi connectivity index (χ2v) is 6.87. The zero-order valence-corrected chi connectivity index (χ0v) is 13.9. The van der Waals surface area contributed by atoms with E-state index in [1.165, 1.54) is 23.5 Å². The third-order valence-electron chi connectivity index (χ3n) is 3.80. The molecule has 0 aliphatic carbocycles. The molecular formula is C15H19ClN4S. The molecule has 1 saturated heterocycles. The summed E-state index contributed by atoms with van der Waals surface area (Å²) in [5.74, 6) is 1.48. The molecule has 0 spiro atoms. The van der Waals surface area contributed by atoms with E-state index in [0.717, 1.165) is 35.6 Å². The molecule has 2 aromatic rings. The molecule has 1 aliphatic heterocycles. The van der Waals surface area contributed by atoms with Gasteiger partial charge in [0.2, 0.25) is 11.1 Å². The molecule has 4 nitrogen and oxygen atoms in total. The van der Waals surface area contributed by atoms with E-state index in [1.54, 1.807) is 0 Å². The number of anilines is 2. The van der Waals surface area contributed by atoms with Gasteiger partial charge in [-0.1, -0.05) is 23.7 Å². The van der Waals surface area contributed by atoms with E-state index in [2.05, 4.69) is 26.4 Å². The predicted molar refractivity (Wildman–Crippen MR) is 89.7 cm³/mol. The quantitative estimate of drug-likeness (QED) is 0.864. The summed E-state index contributed by atoms with van der Waals surface area (Å²) < 4.78 is 4.38. The first-order chi connectivity index (χ1) is 10.1. The van der Waals surface area contributed by atoms with Gasteiger partial charge in [-0.05, 0) is 36.5 Å². The highest BCUT2D eigenvalue weighted by Crippen LogP contribution is 2.29. The Labute approximate surface area is 134 Å². The highest BCUT2D eigenvalue weighted by Gasteiger charge is 2.25. The lowest BCUT2D eigenvalue weighted by Gasteiger charge is -2.14. The van der Waals surface area contributed by atoms with Crippen molar-refractivity contribution in [3.63, 3.8) is 0 Å². The van der Waals surface area contributed by atoms with Crippen molar-refractivity contribution in [3.8, 4) is 0 Å². The van der Waals surface area contributed by atoms with Gasteiger partial charge >= 0.3 is 0 Å². The Balaban J connectivity index is 1.60. The molecule has 1 unspecified atom stereocenters. The monoisotopic (exact) mass is 322 g/mol. The average molecular weight is 323 g/mol. The van der Waals surface area contributed by atoms with E-state index in [9.17, 15) is 0 Å². The molecule has 0 amide bonds. The number of rotatable bonds is 4. The van der Waals surface area contributed by atoms with Gasteiger partial charge in [0.05, 0.1) is 0 Å². The molecule has 1 aromatic carbocycles. The van der Waals surface area contributed by atoms with Gasteiger partial charge in [0.15, 0.2) is 0 Å². The van der Waals surface area contributed by atoms with Crippen molar-refractivity contribution in [2.24, 2.45) is 5.92 Å². The summed E-state index contributed by atoms with van der Waals surface area (Å²) in [4.78, 5) is 8.88. The number of nitrogens with zero attached hydrogens (tertiary/aromatic N) is 4. The van der Waals surface area contributed by atoms with Crippen LogP contribution in [0.15, 0.2) is 24.3 Å². The molecule has 0 radical (unpaired) electrons. The molecule has 0 N–H and O–H groups in total. The molecule has 1 aliphatic rings. The second kappa shape index (κ2) is 6.20. The molecular weight excluding hydrogens is 304 g/mol. The lowest BCUT2D eigenvalue weighted by molar-refractivity contribution is 0.586. The van der Waals surface area contributed by atoms with E-state index >= 15 is 0 Å². The Morgan fingerprint density at radius 1 is 1.33 bits per heavy atom. The Morgan fingerprint density at radius 3 is 2.76 bits per heavy atom. The fourth-order valence-electron chi connectivity index (χ4n) is 2.64. The van der Waals surface area contributed by atoms with Crippen molar-refractivity contribution < 1.29 is 0 Å². The van der Waals surface area contributed by atoms with Gasteiger partial charge < -0.3 is 9.80 Å². The van der Waals surface area contributed by atoms with Gasteiger partial charge in [-0.15, -0.1) is 0 Å². The van der Waals surface area contributed by atoms with Gasteiger partial charge in [-0.2, -0.15) is 9.36 Å². The summed E-state index contributed by atoms with van der Waals surface area (Å²) in [5.41, 5.74) is 1.36. The van der Waals surface area contributed by atoms with E-state index in [0.29, 0.717) is 5.92 Å². The van der Waals surface area contributed by atoms with Crippen LogP contribution in [0, 0.1) is 5.92 Å². The SMILES string of the molecule is CN(C)c1nsc(N2CCC(Cc3ccc(Cl)cc3)C2)n1. The van der Waals surface area contributed by atoms with Crippen LogP contribution in [-0.4, -0.2) is 36.5 Å². The van der Waals surface area contributed by atoms with Gasteiger partial charge in [-0.25, -0.2) is 0 Å². The summed E-state index contributed by atoms with van der Waals surface area (Å²) in [6, 6.07) is 8.19. The summed E-state index contributed by atoms with van der Waals surface area (Å²) in [6.07, 6.45) is 2.31. The molecule has 3 rings (SSSR count). The second-order valence-electron chi connectivity index (χ2n) is 5.70. The number of hydrogen-bond donors (Lipinski definition) is 0. The number of hydrogen-bond acceptors (Lipinski definition) is 5. The van der Waals surface area contributed by atoms with Gasteiger partial charge in [0.1, 0.15) is 0 Å². The van der Waals surface area contributed by atoms with E-state index in [1.807, 2.05) is 31.1 Å². The molecule has 21 heavy (non-hydrogen) atoms. The predicted octanol–water partition coefficient (Wildman–Crippen LogP) is 3.33. The minimum atomic E-state index is 0.679. The van der Waals surface area contributed by atoms with Crippen LogP contribution >= 0.6 is 23.1 Å². The third kappa shape index (κ3) is 3.47. The zero-order chi connectivity index (χ0) is 14.8. The average Bonchev–Trinajstić information content (AvgIpc) is 3.10. The largest absolute Gasteiger partial charge is 0.347 e. The lowest BCUT2D eigenvalue weighted by atomic mass is 9.99. The Bertz CT molecular complexity index is 596. The first kappa shape index (κ1) is 14.6. The van der Waals surface area contributed by atoms with Gasteiger partial charge in [-0.3, -0.25) is 0 Å². The summed E-state index contributed by atoms with van der Waals surface area (Å²) in [7, 11) is 3.94. The first-order valence-electron chi connectivity index (χ1n) is 7.12. The van der Waals surface area contributed by atoms with Crippen LogP contribution < -0.4 is 9.80 Å². The summed E-state index contributed by atoms with van der Waals surface area (Å²) >= 11 is 7.42. The summed E-state index contributed by atoms with van der Waals surface area (Å²) in [5, 5.41) is 1.84. The van der Waals surface area contributed by atoms with Crippen molar-refractivity contribution in [2.45, 2.75) is 12.8 Å². The van der Waals surface area contributed by atoms with Crippen molar-refractivity contribution in [1.82, 2.24) is 9.36 Å². The smallest absolute Gasteiger partial charge is 0.238 e. The van der Waals surface area contributed by atoms with Crippen LogP contribution in [0.2, 0.25) is 5.02 Å². The van der Waals surface area contributed by atoms with Crippen LogP contribution in [0.25, 0.3) is 0 Å². The van der Waals surface area contributed by atoms with Crippen molar-refractivity contribution in [2.75, 3.05) is 37.0 Å². The highest BCUT2D eigenvalue weighted by molar-refractivity contribution is 7.09. The van der Waals surface area contributed by atoms with Crippen molar-refractivity contribution in [3.05, 3.63) is 34.9 Å². The fraction of sp³-hybridized carbons (Fsp3) is 0.467. The zero-order valence-electron chi connectivity index (χ0n) is 12.3. The lowest BCUT2D eigenvalue weighted by Crippen LogP contribution is -2.20. The van der Waals surface area contributed by atoms with Crippen LogP contribution in [-0.2, 0) is 6.42 Å². The molecule has 6 heteroatoms. The topological polar surface area (TPSA) is 32.3 Å². The maximum absolute atomic E-state index is 5.93. The Hall–Kier alpha value is -1.33. The minimum absolute atomic E-state index is 0.679. The molecule has 1 aromatic heterocycles. The van der Waals surface area contributed by atoms with E-state index in [4.69, 9.17) is 11.6 Å². The minimum Gasteiger partial charge on any atom is -0.347 e. The Morgan fingerprint density at radius 2 is 2.10 bits per heavy atom. The maximum atomic E-state index is 5.93. The van der Waals surface area contributed by atoms with Gasteiger partial charge in [0.25, 0.3) is 0 Å². The molecule has 1 fully saturated rings. The van der Waals surface area contributed by atoms with E-state index in [-0.39, 0.29) is 0 Å². The number of halogens is 1. The van der Waals surface area contributed by atoms with E-state index < -0.39 is 0 Å². The molecule has 2 heterocycles. The highest BCUT2D eigenvalue weighted by atomic mass is 35.5. The van der Waals surface area contributed by atoms with Gasteiger partial charge in [0, 0.05) is 43.7 Å². The normalized spacial score (nSPS) is 18.2. The van der Waals surface area contributed by atoms with Crippen LogP contribution in [0.5, 0.6) is 0 Å². The third-order valence-corrected chi connectivity index (χ3v) is 4.82. The van der Waals surface area contributed by atoms with Crippen molar-refractivity contribution in [1.29, 1.82) is 0 Å². The number of benzene rings is 1. The first-order valence-corrected chi connectivity index (χ1v) is 8.27. The summed E-state index contributed by atoms with van der Waals surface area (Å²) in [6.45, 7) is 2.13. The molecule has 0 bridgehead atoms. The molecule has 1 atom stereocenters. The standard InChI is InChI=1S/C15H19ClN4S/c1-19(2)14-17-15(21-18-14)20-8-7-12(10-20)9-11-3-5-13(16)6-4-11/h3-6,12H,7-10H2,1-2H3. The van der Waals surface area contributed by atoms with Crippen LogP contribution in [0.4, 0.5) is 11.1 Å². The van der Waals surface area contributed by atoms with Crippen molar-refractivity contribution >= 4 is 34.2 Å².